The van der Waals surface area contributed by atoms with Gasteiger partial charge < -0.3 is 9.97 Å². The summed E-state index contributed by atoms with van der Waals surface area (Å²) < 4.78 is 0. The Bertz CT molecular complexity index is 1940. The van der Waals surface area contributed by atoms with Crippen LogP contribution >= 0.6 is 0 Å². The van der Waals surface area contributed by atoms with Crippen molar-refractivity contribution in [3.8, 4) is 22.3 Å². The van der Waals surface area contributed by atoms with Crippen LogP contribution < -0.4 is 0 Å². The number of aromatic amines is 2. The number of aromatic nitrogens is 2. The highest BCUT2D eigenvalue weighted by Gasteiger charge is 2.21. The Morgan fingerprint density at radius 1 is 0.543 bits per heavy atom. The molecule has 0 spiro atoms. The maximum Gasteiger partial charge on any atom is 0.277 e. The van der Waals surface area contributed by atoms with Gasteiger partial charge in [0.2, 0.25) is 0 Å². The lowest BCUT2D eigenvalue weighted by Crippen LogP contribution is -1.94. The minimum atomic E-state index is -0.286. The first-order valence-corrected chi connectivity index (χ1v) is 11.5. The molecule has 7 aromatic rings. The molecule has 0 unspecified atom stereocenters. The Morgan fingerprint density at radius 2 is 1.09 bits per heavy atom. The van der Waals surface area contributed by atoms with Crippen molar-refractivity contribution < 1.29 is 4.92 Å². The molecule has 0 aliphatic carbocycles. The topological polar surface area (TPSA) is 74.7 Å². The molecule has 35 heavy (non-hydrogen) atoms. The van der Waals surface area contributed by atoms with E-state index in [1.165, 1.54) is 0 Å². The van der Waals surface area contributed by atoms with Gasteiger partial charge in [-0.05, 0) is 23.8 Å². The number of rotatable bonds is 3. The largest absolute Gasteiger partial charge is 0.354 e. The normalized spacial score (nSPS) is 11.7. The number of H-pyrrole nitrogens is 2. The second-order valence-electron chi connectivity index (χ2n) is 8.79. The van der Waals surface area contributed by atoms with Gasteiger partial charge in [0.25, 0.3) is 5.69 Å². The van der Waals surface area contributed by atoms with Crippen molar-refractivity contribution in [3.05, 3.63) is 113 Å². The highest BCUT2D eigenvalue weighted by Crippen LogP contribution is 2.40. The van der Waals surface area contributed by atoms with E-state index in [0.717, 1.165) is 60.3 Å². The Balaban J connectivity index is 1.46. The Labute approximate surface area is 199 Å². The van der Waals surface area contributed by atoms with E-state index in [-0.39, 0.29) is 10.6 Å². The number of nitrogens with zero attached hydrogens (tertiary/aromatic N) is 1. The van der Waals surface area contributed by atoms with Gasteiger partial charge in [0, 0.05) is 49.8 Å². The van der Waals surface area contributed by atoms with Crippen molar-refractivity contribution >= 4 is 49.3 Å². The second kappa shape index (κ2) is 7.30. The molecule has 166 valence electrons. The van der Waals surface area contributed by atoms with Crippen LogP contribution in [-0.4, -0.2) is 14.9 Å². The van der Waals surface area contributed by atoms with E-state index < -0.39 is 0 Å². The number of hydrogen-bond acceptors (Lipinski definition) is 2. The van der Waals surface area contributed by atoms with E-state index in [0.29, 0.717) is 5.56 Å². The minimum absolute atomic E-state index is 0.0850. The van der Waals surface area contributed by atoms with E-state index in [9.17, 15) is 10.1 Å². The van der Waals surface area contributed by atoms with Gasteiger partial charge in [0.1, 0.15) is 0 Å². The first kappa shape index (κ1) is 19.6. The summed E-state index contributed by atoms with van der Waals surface area (Å²) in [6.45, 7) is 0. The average molecular weight is 454 g/mol. The van der Waals surface area contributed by atoms with Crippen LogP contribution in [0.4, 0.5) is 5.69 Å². The van der Waals surface area contributed by atoms with E-state index >= 15 is 0 Å². The van der Waals surface area contributed by atoms with Crippen LogP contribution in [-0.2, 0) is 0 Å². The zero-order valence-electron chi connectivity index (χ0n) is 18.6. The SMILES string of the molecule is O=[N+]([O-])c1cc(-c2cccc3c2[nH]c2ccccc23)ccc1-c1cccc2c1[nH]c1ccccc12. The van der Waals surface area contributed by atoms with E-state index in [1.54, 1.807) is 6.07 Å². The van der Waals surface area contributed by atoms with Crippen LogP contribution in [0.5, 0.6) is 0 Å². The van der Waals surface area contributed by atoms with Crippen LogP contribution in [0, 0.1) is 10.1 Å². The monoisotopic (exact) mass is 453 g/mol. The van der Waals surface area contributed by atoms with Gasteiger partial charge in [-0.1, -0.05) is 78.9 Å². The third kappa shape index (κ3) is 2.88. The standard InChI is InChI=1S/C30H19N3O2/c34-33(35)28-17-18(19-9-5-10-23-20-7-1-3-13-26(20)31-29(19)23)15-16-22(28)25-12-6-11-24-21-8-2-4-14-27(21)32-30(24)25/h1-17,31-32H. The summed E-state index contributed by atoms with van der Waals surface area (Å²) >= 11 is 0. The van der Waals surface area contributed by atoms with E-state index in [4.69, 9.17) is 0 Å². The van der Waals surface area contributed by atoms with Crippen molar-refractivity contribution in [1.82, 2.24) is 9.97 Å². The molecule has 0 aliphatic rings. The molecule has 0 atom stereocenters. The Hall–Kier alpha value is -4.90. The molecule has 0 radical (unpaired) electrons. The summed E-state index contributed by atoms with van der Waals surface area (Å²) in [5.74, 6) is 0. The highest BCUT2D eigenvalue weighted by atomic mass is 16.6. The summed E-state index contributed by atoms with van der Waals surface area (Å²) in [5, 5.41) is 16.7. The zero-order valence-corrected chi connectivity index (χ0v) is 18.6. The summed E-state index contributed by atoms with van der Waals surface area (Å²) in [4.78, 5) is 19.0. The average Bonchev–Trinajstić information content (AvgIpc) is 3.47. The van der Waals surface area contributed by atoms with Gasteiger partial charge in [-0.25, -0.2) is 0 Å². The van der Waals surface area contributed by atoms with Crippen molar-refractivity contribution in [1.29, 1.82) is 0 Å². The lowest BCUT2D eigenvalue weighted by molar-refractivity contribution is -0.384. The molecular weight excluding hydrogens is 434 g/mol. The number of benzene rings is 5. The van der Waals surface area contributed by atoms with Gasteiger partial charge in [-0.15, -0.1) is 0 Å². The van der Waals surface area contributed by atoms with Gasteiger partial charge >= 0.3 is 0 Å². The molecular formula is C30H19N3O2. The number of nitro benzene ring substituents is 1. The summed E-state index contributed by atoms with van der Waals surface area (Å²) in [7, 11) is 0. The summed E-state index contributed by atoms with van der Waals surface area (Å²) in [6.07, 6.45) is 0. The predicted molar refractivity (Wildman–Crippen MR) is 143 cm³/mol. The fraction of sp³-hybridized carbons (Fsp3) is 0. The molecule has 0 fully saturated rings. The number of fused-ring (bicyclic) bond motifs is 6. The van der Waals surface area contributed by atoms with Crippen LogP contribution in [0.3, 0.4) is 0 Å². The maximum atomic E-state index is 12.3. The van der Waals surface area contributed by atoms with Crippen molar-refractivity contribution in [2.45, 2.75) is 0 Å². The molecule has 5 aromatic carbocycles. The lowest BCUT2D eigenvalue weighted by Gasteiger charge is -2.09. The molecule has 5 nitrogen and oxygen atoms in total. The van der Waals surface area contributed by atoms with Crippen LogP contribution in [0.25, 0.3) is 65.9 Å². The van der Waals surface area contributed by atoms with E-state index in [2.05, 4.69) is 34.2 Å². The van der Waals surface area contributed by atoms with Crippen molar-refractivity contribution in [2.24, 2.45) is 0 Å². The third-order valence-corrected chi connectivity index (χ3v) is 6.88. The fourth-order valence-electron chi connectivity index (χ4n) is 5.29. The van der Waals surface area contributed by atoms with Crippen LogP contribution in [0.1, 0.15) is 0 Å². The number of nitrogens with one attached hydrogen (secondary N) is 2. The molecule has 0 saturated carbocycles. The first-order valence-electron chi connectivity index (χ1n) is 11.5. The fourth-order valence-corrected chi connectivity index (χ4v) is 5.29. The Kier molecular flexibility index (Phi) is 4.08. The second-order valence-corrected chi connectivity index (χ2v) is 8.79. The van der Waals surface area contributed by atoms with Gasteiger partial charge in [-0.2, -0.15) is 0 Å². The quantitative estimate of drug-likeness (QED) is 0.209. The van der Waals surface area contributed by atoms with Crippen LogP contribution in [0.2, 0.25) is 0 Å². The number of nitro groups is 1. The molecule has 5 heteroatoms. The predicted octanol–water partition coefficient (Wildman–Crippen LogP) is 8.20. The molecule has 2 N–H and O–H groups in total. The van der Waals surface area contributed by atoms with E-state index in [1.807, 2.05) is 72.8 Å². The molecule has 0 aliphatic heterocycles. The molecule has 0 bridgehead atoms. The third-order valence-electron chi connectivity index (χ3n) is 6.88. The lowest BCUT2D eigenvalue weighted by atomic mass is 9.96. The molecule has 7 rings (SSSR count). The van der Waals surface area contributed by atoms with Gasteiger partial charge in [0.05, 0.1) is 21.5 Å². The smallest absolute Gasteiger partial charge is 0.277 e. The summed E-state index contributed by atoms with van der Waals surface area (Å²) in [5.41, 5.74) is 7.20. The first-order chi connectivity index (χ1) is 17.2. The summed E-state index contributed by atoms with van der Waals surface area (Å²) in [6, 6.07) is 33.8. The number of hydrogen-bond donors (Lipinski definition) is 2. The molecule has 2 aromatic heterocycles. The van der Waals surface area contributed by atoms with Crippen molar-refractivity contribution in [3.63, 3.8) is 0 Å². The van der Waals surface area contributed by atoms with Gasteiger partial charge in [-0.3, -0.25) is 10.1 Å². The molecule has 2 heterocycles. The Morgan fingerprint density at radius 3 is 1.71 bits per heavy atom. The zero-order chi connectivity index (χ0) is 23.5. The minimum Gasteiger partial charge on any atom is -0.354 e. The molecule has 0 saturated heterocycles. The van der Waals surface area contributed by atoms with Crippen LogP contribution in [0.15, 0.2) is 103 Å². The highest BCUT2D eigenvalue weighted by molar-refractivity contribution is 6.13. The van der Waals surface area contributed by atoms with Gasteiger partial charge in [0.15, 0.2) is 0 Å². The maximum absolute atomic E-state index is 12.3. The number of para-hydroxylation sites is 4. The van der Waals surface area contributed by atoms with Crippen molar-refractivity contribution in [2.75, 3.05) is 0 Å². The molecule has 0 amide bonds.